The summed E-state index contributed by atoms with van der Waals surface area (Å²) in [6.45, 7) is 1.84. The van der Waals surface area contributed by atoms with E-state index in [0.29, 0.717) is 12.0 Å². The van der Waals surface area contributed by atoms with Gasteiger partial charge in [0.1, 0.15) is 10.6 Å². The fourth-order valence-corrected chi connectivity index (χ4v) is 2.35. The summed E-state index contributed by atoms with van der Waals surface area (Å²) in [5, 5.41) is 9.64. The Labute approximate surface area is 91.7 Å². The third kappa shape index (κ3) is 2.32. The van der Waals surface area contributed by atoms with E-state index in [2.05, 4.69) is 0 Å². The minimum Gasteiger partial charge on any atom is -0.507 e. The second-order valence-electron chi connectivity index (χ2n) is 2.70. The molecule has 1 aromatic rings. The van der Waals surface area contributed by atoms with Gasteiger partial charge in [0.25, 0.3) is 9.05 Å². The van der Waals surface area contributed by atoms with Crippen LogP contribution < -0.4 is 0 Å². The number of aryl methyl sites for hydroxylation is 1. The molecule has 0 bridgehead atoms. The van der Waals surface area contributed by atoms with Gasteiger partial charge in [0.15, 0.2) is 0 Å². The highest BCUT2D eigenvalue weighted by Gasteiger charge is 2.17. The summed E-state index contributed by atoms with van der Waals surface area (Å²) < 4.78 is 21.9. The Hall–Kier alpha value is -0.450. The highest BCUT2D eigenvalue weighted by molar-refractivity contribution is 8.13. The van der Waals surface area contributed by atoms with Crippen LogP contribution in [0.1, 0.15) is 12.5 Å². The van der Waals surface area contributed by atoms with E-state index in [0.717, 1.165) is 6.07 Å². The summed E-state index contributed by atoms with van der Waals surface area (Å²) in [5.74, 6) is -0.374. The maximum Gasteiger partial charge on any atom is 0.265 e. The van der Waals surface area contributed by atoms with Crippen molar-refractivity contribution in [3.8, 4) is 5.75 Å². The summed E-state index contributed by atoms with van der Waals surface area (Å²) in [4.78, 5) is -0.360. The van der Waals surface area contributed by atoms with Crippen molar-refractivity contribution < 1.29 is 13.5 Å². The van der Waals surface area contributed by atoms with E-state index in [-0.39, 0.29) is 15.7 Å². The van der Waals surface area contributed by atoms with E-state index in [1.165, 1.54) is 6.07 Å². The van der Waals surface area contributed by atoms with E-state index < -0.39 is 9.05 Å². The molecule has 0 saturated carbocycles. The van der Waals surface area contributed by atoms with E-state index in [1.54, 1.807) is 0 Å². The van der Waals surface area contributed by atoms with Crippen LogP contribution in [0.2, 0.25) is 5.02 Å². The molecule has 0 aromatic heterocycles. The fraction of sp³-hybridized carbons (Fsp3) is 0.250. The molecule has 0 heterocycles. The lowest BCUT2D eigenvalue weighted by Crippen LogP contribution is -1.93. The van der Waals surface area contributed by atoms with Crippen molar-refractivity contribution in [2.75, 3.05) is 0 Å². The molecule has 3 nitrogen and oxygen atoms in total. The lowest BCUT2D eigenvalue weighted by atomic mass is 10.1. The van der Waals surface area contributed by atoms with Gasteiger partial charge in [-0.3, -0.25) is 0 Å². The fourth-order valence-electron chi connectivity index (χ4n) is 1.05. The molecule has 0 aliphatic rings. The third-order valence-corrected chi connectivity index (χ3v) is 3.47. The van der Waals surface area contributed by atoms with Gasteiger partial charge in [0.2, 0.25) is 0 Å². The molecule has 1 rings (SSSR count). The van der Waals surface area contributed by atoms with Gasteiger partial charge < -0.3 is 5.11 Å². The quantitative estimate of drug-likeness (QED) is 0.826. The molecule has 0 saturated heterocycles. The molecule has 0 unspecified atom stereocenters. The van der Waals surface area contributed by atoms with Gasteiger partial charge in [-0.1, -0.05) is 18.5 Å². The molecule has 0 atom stereocenters. The molecule has 1 N–H and O–H groups in total. The average Bonchev–Trinajstić information content (AvgIpc) is 2.06. The van der Waals surface area contributed by atoms with Crippen LogP contribution in [0.4, 0.5) is 0 Å². The van der Waals surface area contributed by atoms with Crippen molar-refractivity contribution in [1.82, 2.24) is 0 Å². The summed E-state index contributed by atoms with van der Waals surface area (Å²) in [5.41, 5.74) is 0.674. The van der Waals surface area contributed by atoms with Crippen LogP contribution in [0.3, 0.4) is 0 Å². The van der Waals surface area contributed by atoms with Gasteiger partial charge >= 0.3 is 0 Å². The second-order valence-corrected chi connectivity index (χ2v) is 5.64. The second kappa shape index (κ2) is 3.96. The van der Waals surface area contributed by atoms with Crippen molar-refractivity contribution in [3.63, 3.8) is 0 Å². The Morgan fingerprint density at radius 2 is 2.00 bits per heavy atom. The number of rotatable bonds is 2. The number of halogens is 2. The van der Waals surface area contributed by atoms with Crippen LogP contribution in [-0.4, -0.2) is 13.5 Å². The van der Waals surface area contributed by atoms with E-state index in [9.17, 15) is 13.5 Å². The molecule has 0 fully saturated rings. The SMILES string of the molecule is CCc1cc(O)c(S(=O)(=O)Cl)cc1Cl. The first-order valence-electron chi connectivity index (χ1n) is 3.82. The van der Waals surface area contributed by atoms with E-state index in [1.807, 2.05) is 6.92 Å². The molecule has 0 aliphatic heterocycles. The molecule has 1 aromatic carbocycles. The molecule has 0 radical (unpaired) electrons. The zero-order valence-corrected chi connectivity index (χ0v) is 9.62. The van der Waals surface area contributed by atoms with Crippen LogP contribution in [0.5, 0.6) is 5.75 Å². The maximum atomic E-state index is 11.0. The molecule has 6 heteroatoms. The number of aromatic hydroxyl groups is 1. The third-order valence-electron chi connectivity index (χ3n) is 1.77. The molecular formula is C8H8Cl2O3S. The molecule has 78 valence electrons. The predicted octanol–water partition coefficient (Wildman–Crippen LogP) is 2.54. The number of hydrogen-bond donors (Lipinski definition) is 1. The zero-order valence-electron chi connectivity index (χ0n) is 7.29. The monoisotopic (exact) mass is 254 g/mol. The van der Waals surface area contributed by atoms with Crippen LogP contribution in [-0.2, 0) is 15.5 Å². The van der Waals surface area contributed by atoms with Crippen LogP contribution >= 0.6 is 22.3 Å². The van der Waals surface area contributed by atoms with Gasteiger partial charge in [-0.2, -0.15) is 0 Å². The Kier molecular flexibility index (Phi) is 3.29. The minimum atomic E-state index is -3.94. The lowest BCUT2D eigenvalue weighted by molar-refractivity contribution is 0.459. The summed E-state index contributed by atoms with van der Waals surface area (Å²) in [6.07, 6.45) is 0.606. The Morgan fingerprint density at radius 3 is 2.43 bits per heavy atom. The van der Waals surface area contributed by atoms with Crippen molar-refractivity contribution in [3.05, 3.63) is 22.7 Å². The largest absolute Gasteiger partial charge is 0.507 e. The van der Waals surface area contributed by atoms with Gasteiger partial charge in [-0.15, -0.1) is 0 Å². The maximum absolute atomic E-state index is 11.0. The number of hydrogen-bond acceptors (Lipinski definition) is 3. The molecular weight excluding hydrogens is 247 g/mol. The molecule has 0 aliphatic carbocycles. The first-order valence-corrected chi connectivity index (χ1v) is 6.51. The topological polar surface area (TPSA) is 54.4 Å². The number of benzene rings is 1. The van der Waals surface area contributed by atoms with Crippen LogP contribution in [0.25, 0.3) is 0 Å². The van der Waals surface area contributed by atoms with Crippen molar-refractivity contribution in [2.45, 2.75) is 18.2 Å². The smallest absolute Gasteiger partial charge is 0.265 e. The van der Waals surface area contributed by atoms with E-state index in [4.69, 9.17) is 22.3 Å². The summed E-state index contributed by atoms with van der Waals surface area (Å²) >= 11 is 5.77. The summed E-state index contributed by atoms with van der Waals surface area (Å²) in [7, 11) is 1.14. The Bertz CT molecular complexity index is 454. The normalized spacial score (nSPS) is 11.6. The standard InChI is InChI=1S/C8H8Cl2O3S/c1-2-5-3-7(11)8(4-6(5)9)14(10,12)13/h3-4,11H,2H2,1H3. The highest BCUT2D eigenvalue weighted by atomic mass is 35.7. The Balaban J connectivity index is 3.44. The Morgan fingerprint density at radius 1 is 1.43 bits per heavy atom. The lowest BCUT2D eigenvalue weighted by Gasteiger charge is -2.05. The highest BCUT2D eigenvalue weighted by Crippen LogP contribution is 2.31. The first kappa shape index (κ1) is 11.6. The zero-order chi connectivity index (χ0) is 10.9. The van der Waals surface area contributed by atoms with Gasteiger partial charge in [0, 0.05) is 15.7 Å². The number of phenols is 1. The van der Waals surface area contributed by atoms with Crippen molar-refractivity contribution in [2.24, 2.45) is 0 Å². The average molecular weight is 255 g/mol. The van der Waals surface area contributed by atoms with Gasteiger partial charge in [0.05, 0.1) is 0 Å². The predicted molar refractivity (Wildman–Crippen MR) is 55.5 cm³/mol. The van der Waals surface area contributed by atoms with Gasteiger partial charge in [-0.25, -0.2) is 8.42 Å². The van der Waals surface area contributed by atoms with Crippen molar-refractivity contribution in [1.29, 1.82) is 0 Å². The van der Waals surface area contributed by atoms with Gasteiger partial charge in [-0.05, 0) is 24.1 Å². The first-order chi connectivity index (χ1) is 6.36. The molecule has 0 amide bonds. The van der Waals surface area contributed by atoms with Crippen LogP contribution in [0, 0.1) is 0 Å². The molecule has 14 heavy (non-hydrogen) atoms. The summed E-state index contributed by atoms with van der Waals surface area (Å²) in [6, 6.07) is 2.45. The molecule has 0 spiro atoms. The van der Waals surface area contributed by atoms with Crippen LogP contribution in [0.15, 0.2) is 17.0 Å². The minimum absolute atomic E-state index is 0.282. The number of phenolic OH excluding ortho intramolecular Hbond substituents is 1. The van der Waals surface area contributed by atoms with E-state index >= 15 is 0 Å². The van der Waals surface area contributed by atoms with Crippen molar-refractivity contribution >= 4 is 31.3 Å².